The van der Waals surface area contributed by atoms with Gasteiger partial charge in [-0.25, -0.2) is 28.8 Å². The van der Waals surface area contributed by atoms with Crippen LogP contribution in [0.25, 0.3) is 0 Å². The lowest BCUT2D eigenvalue weighted by Crippen LogP contribution is -2.16. The van der Waals surface area contributed by atoms with Gasteiger partial charge >= 0.3 is 35.8 Å². The number of aliphatic hydroxyl groups excluding tert-OH is 1. The van der Waals surface area contributed by atoms with Gasteiger partial charge in [-0.15, -0.1) is 0 Å². The minimum Gasteiger partial charge on any atom is -0.478 e. The molecule has 13 nitrogen and oxygen atoms in total. The van der Waals surface area contributed by atoms with Crippen molar-refractivity contribution in [3.63, 3.8) is 0 Å². The van der Waals surface area contributed by atoms with E-state index < -0.39 is 35.8 Å². The van der Waals surface area contributed by atoms with E-state index in [9.17, 15) is 28.8 Å². The van der Waals surface area contributed by atoms with Crippen LogP contribution in [0.4, 0.5) is 0 Å². The minimum absolute atomic E-state index is 0.0153. The van der Waals surface area contributed by atoms with E-state index in [4.69, 9.17) is 29.9 Å². The first-order chi connectivity index (χ1) is 19.2. The zero-order chi connectivity index (χ0) is 31.5. The number of rotatable bonds is 11. The normalized spacial score (nSPS) is 9.34. The molecule has 2 aromatic rings. The van der Waals surface area contributed by atoms with Crippen LogP contribution in [-0.2, 0) is 23.8 Å². The summed E-state index contributed by atoms with van der Waals surface area (Å²) in [7, 11) is 0. The third kappa shape index (κ3) is 13.9. The second-order valence-corrected chi connectivity index (χ2v) is 7.70. The predicted octanol–water partition coefficient (Wildman–Crippen LogP) is 2.84. The van der Waals surface area contributed by atoms with Gasteiger partial charge < -0.3 is 34.6 Å². The number of esters is 3. The number of hydrogen-bond donors (Lipinski definition) is 4. The molecule has 2 aromatic carbocycles. The average Bonchev–Trinajstić information content (AvgIpc) is 2.94. The van der Waals surface area contributed by atoms with E-state index in [0.29, 0.717) is 0 Å². The highest BCUT2D eigenvalue weighted by atomic mass is 16.6. The average molecular weight is 575 g/mol. The molecule has 0 aliphatic heterocycles. The second-order valence-electron chi connectivity index (χ2n) is 7.70. The molecule has 41 heavy (non-hydrogen) atoms. The summed E-state index contributed by atoms with van der Waals surface area (Å²) in [6.07, 6.45) is 0. The molecule has 0 radical (unpaired) electrons. The molecule has 0 amide bonds. The SMILES string of the molecule is C=C(C)C(=O)O.C=C(C)C(=O)OCCOC(=O)c1ccccc1C(=O)O.O=C(O)c1ccccc1C(=O)OCCO. The number of carboxylic acid groups (broad SMARTS) is 3. The molecule has 0 fully saturated rings. The number of hydrogen-bond acceptors (Lipinski definition) is 10. The van der Waals surface area contributed by atoms with Gasteiger partial charge in [0, 0.05) is 11.1 Å². The standard InChI is InChI=1S/C14H14O6.C10H10O5.C4H6O2/c1-9(2)13(17)19-7-8-20-14(18)11-6-4-3-5-10(11)12(15)16;11-5-6-15-10(14)8-4-2-1-3-7(8)9(12)13;1-3(2)4(5)6/h3-6H,1,7-8H2,2H3,(H,15,16);1-4,11H,5-6H2,(H,12,13);1H2,2H3,(H,5,6). The zero-order valence-corrected chi connectivity index (χ0v) is 22.3. The van der Waals surface area contributed by atoms with Crippen LogP contribution >= 0.6 is 0 Å². The first-order valence-corrected chi connectivity index (χ1v) is 11.6. The minimum atomic E-state index is -1.22. The predicted molar refractivity (Wildman–Crippen MR) is 143 cm³/mol. The fourth-order valence-corrected chi connectivity index (χ4v) is 2.38. The van der Waals surface area contributed by atoms with Gasteiger partial charge in [0.05, 0.1) is 28.9 Å². The van der Waals surface area contributed by atoms with Crippen LogP contribution in [0.1, 0.15) is 55.3 Å². The van der Waals surface area contributed by atoms with Gasteiger partial charge in [0.2, 0.25) is 0 Å². The summed E-state index contributed by atoms with van der Waals surface area (Å²) in [6.45, 7) is 8.78. The number of carboxylic acids is 3. The Balaban J connectivity index is 0.000000669. The molecule has 0 atom stereocenters. The Kier molecular flexibility index (Phi) is 16.4. The maximum absolute atomic E-state index is 11.7. The first-order valence-electron chi connectivity index (χ1n) is 11.6. The number of aromatic carboxylic acids is 2. The topological polar surface area (TPSA) is 211 Å². The molecule has 0 spiro atoms. The van der Waals surface area contributed by atoms with Crippen LogP contribution in [0.2, 0.25) is 0 Å². The van der Waals surface area contributed by atoms with Gasteiger partial charge in [-0.2, -0.15) is 0 Å². The van der Waals surface area contributed by atoms with Crippen molar-refractivity contribution >= 4 is 35.8 Å². The lowest BCUT2D eigenvalue weighted by molar-refractivity contribution is -0.140. The molecule has 0 saturated carbocycles. The quantitative estimate of drug-likeness (QED) is 0.132. The van der Waals surface area contributed by atoms with E-state index in [2.05, 4.69) is 17.9 Å². The Morgan fingerprint density at radius 3 is 1.27 bits per heavy atom. The van der Waals surface area contributed by atoms with Crippen molar-refractivity contribution in [1.82, 2.24) is 0 Å². The third-order valence-electron chi connectivity index (χ3n) is 4.34. The molecule has 0 saturated heterocycles. The highest BCUT2D eigenvalue weighted by Gasteiger charge is 2.17. The largest absolute Gasteiger partial charge is 0.478 e. The molecule has 0 aromatic heterocycles. The van der Waals surface area contributed by atoms with Gasteiger partial charge in [-0.05, 0) is 38.1 Å². The molecule has 0 bridgehead atoms. The lowest BCUT2D eigenvalue weighted by Gasteiger charge is -2.07. The number of carbonyl (C=O) groups excluding carboxylic acids is 3. The van der Waals surface area contributed by atoms with Crippen molar-refractivity contribution in [1.29, 1.82) is 0 Å². The van der Waals surface area contributed by atoms with E-state index >= 15 is 0 Å². The number of aliphatic hydroxyl groups is 1. The van der Waals surface area contributed by atoms with Crippen molar-refractivity contribution in [3.05, 3.63) is 95.1 Å². The fourth-order valence-electron chi connectivity index (χ4n) is 2.38. The van der Waals surface area contributed by atoms with E-state index in [1.807, 2.05) is 0 Å². The Morgan fingerprint density at radius 1 is 0.610 bits per heavy atom. The Bertz CT molecular complexity index is 1270. The van der Waals surface area contributed by atoms with Crippen molar-refractivity contribution in [2.24, 2.45) is 0 Å². The number of aliphatic carboxylic acids is 1. The maximum Gasteiger partial charge on any atom is 0.339 e. The fraction of sp³-hybridized carbons (Fsp3) is 0.214. The summed E-state index contributed by atoms with van der Waals surface area (Å²) in [5.41, 5.74) is 0.101. The number of benzene rings is 2. The summed E-state index contributed by atoms with van der Waals surface area (Å²) in [5, 5.41) is 34.1. The van der Waals surface area contributed by atoms with Crippen LogP contribution < -0.4 is 0 Å². The highest BCUT2D eigenvalue weighted by molar-refractivity contribution is 6.03. The molecular formula is C28H30O13. The molecule has 4 N–H and O–H groups in total. The molecule has 0 heterocycles. The van der Waals surface area contributed by atoms with Gasteiger partial charge in [0.1, 0.15) is 19.8 Å². The zero-order valence-electron chi connectivity index (χ0n) is 22.3. The molecule has 0 aliphatic carbocycles. The first kappa shape index (κ1) is 35.7. The van der Waals surface area contributed by atoms with Crippen LogP contribution in [0.15, 0.2) is 72.8 Å². The highest BCUT2D eigenvalue weighted by Crippen LogP contribution is 2.11. The van der Waals surface area contributed by atoms with E-state index in [1.165, 1.54) is 56.3 Å². The Labute approximate surface area is 234 Å². The van der Waals surface area contributed by atoms with Crippen LogP contribution in [0.3, 0.4) is 0 Å². The smallest absolute Gasteiger partial charge is 0.339 e. The molecule has 2 rings (SSSR count). The molecule has 13 heteroatoms. The van der Waals surface area contributed by atoms with Crippen molar-refractivity contribution in [2.45, 2.75) is 13.8 Å². The van der Waals surface area contributed by atoms with Crippen LogP contribution in [0, 0.1) is 0 Å². The van der Waals surface area contributed by atoms with Gasteiger partial charge in [-0.3, -0.25) is 0 Å². The summed E-state index contributed by atoms with van der Waals surface area (Å²) in [4.78, 5) is 65.4. The monoisotopic (exact) mass is 574 g/mol. The second kappa shape index (κ2) is 18.9. The van der Waals surface area contributed by atoms with Crippen molar-refractivity contribution in [2.75, 3.05) is 26.4 Å². The van der Waals surface area contributed by atoms with Crippen molar-refractivity contribution in [3.8, 4) is 0 Å². The molecular weight excluding hydrogens is 544 g/mol. The summed E-state index contributed by atoms with van der Waals surface area (Å²) >= 11 is 0. The van der Waals surface area contributed by atoms with Gasteiger partial charge in [0.15, 0.2) is 0 Å². The summed E-state index contributed by atoms with van der Waals surface area (Å²) in [5.74, 6) is -5.45. The summed E-state index contributed by atoms with van der Waals surface area (Å²) in [6, 6.07) is 11.4. The van der Waals surface area contributed by atoms with Gasteiger partial charge in [-0.1, -0.05) is 37.4 Å². The molecule has 220 valence electrons. The lowest BCUT2D eigenvalue weighted by atomic mass is 10.1. The van der Waals surface area contributed by atoms with E-state index in [0.717, 1.165) is 0 Å². The Morgan fingerprint density at radius 2 is 0.951 bits per heavy atom. The number of carbonyl (C=O) groups is 6. The van der Waals surface area contributed by atoms with Crippen molar-refractivity contribution < 1.29 is 63.4 Å². The van der Waals surface area contributed by atoms with Crippen LogP contribution in [-0.4, -0.2) is 82.7 Å². The maximum atomic E-state index is 11.7. The van der Waals surface area contributed by atoms with E-state index in [-0.39, 0.29) is 59.8 Å². The number of ether oxygens (including phenoxy) is 3. The van der Waals surface area contributed by atoms with E-state index in [1.54, 1.807) is 6.07 Å². The molecule has 0 unspecified atom stereocenters. The summed E-state index contributed by atoms with van der Waals surface area (Å²) < 4.78 is 14.2. The third-order valence-corrected chi connectivity index (χ3v) is 4.34. The molecule has 0 aliphatic rings. The Hall–Kier alpha value is -5.30. The van der Waals surface area contributed by atoms with Crippen LogP contribution in [0.5, 0.6) is 0 Å². The van der Waals surface area contributed by atoms with Gasteiger partial charge in [0.25, 0.3) is 0 Å².